The highest BCUT2D eigenvalue weighted by Crippen LogP contribution is 2.17. The smallest absolute Gasteiger partial charge is 0.251 e. The molecule has 1 N–H and O–H groups in total. The lowest BCUT2D eigenvalue weighted by atomic mass is 10.0. The lowest BCUT2D eigenvalue weighted by Crippen LogP contribution is -2.37. The Morgan fingerprint density at radius 1 is 1.17 bits per heavy atom. The van der Waals surface area contributed by atoms with Gasteiger partial charge in [0.05, 0.1) is 4.90 Å². The van der Waals surface area contributed by atoms with Crippen molar-refractivity contribution in [2.75, 3.05) is 13.1 Å². The first-order valence-electron chi connectivity index (χ1n) is 8.18. The molecule has 0 spiro atoms. The van der Waals surface area contributed by atoms with Crippen LogP contribution < -0.4 is 5.32 Å². The molecule has 1 rings (SSSR count). The standard InChI is InChI=1S/C17H28N2O3S/c1-6-13(4)14(5)18-17(20)15-10-9-11-16(12-15)23(21,22)19(7-2)8-3/h9-14H,6-8H2,1-5H3,(H,18,20). The van der Waals surface area contributed by atoms with Gasteiger partial charge in [-0.25, -0.2) is 8.42 Å². The zero-order valence-electron chi connectivity index (χ0n) is 14.7. The van der Waals surface area contributed by atoms with Crippen LogP contribution in [0.5, 0.6) is 0 Å². The minimum atomic E-state index is -3.55. The highest BCUT2D eigenvalue weighted by atomic mass is 32.2. The maximum absolute atomic E-state index is 12.5. The van der Waals surface area contributed by atoms with Crippen LogP contribution >= 0.6 is 0 Å². The Morgan fingerprint density at radius 3 is 2.30 bits per heavy atom. The molecule has 2 atom stereocenters. The van der Waals surface area contributed by atoms with E-state index in [9.17, 15) is 13.2 Å². The van der Waals surface area contributed by atoms with Crippen molar-refractivity contribution in [3.63, 3.8) is 0 Å². The second-order valence-electron chi connectivity index (χ2n) is 5.76. The lowest BCUT2D eigenvalue weighted by Gasteiger charge is -2.21. The molecule has 2 unspecified atom stereocenters. The van der Waals surface area contributed by atoms with Crippen LogP contribution in [0.3, 0.4) is 0 Å². The van der Waals surface area contributed by atoms with Crippen molar-refractivity contribution in [3.05, 3.63) is 29.8 Å². The molecule has 23 heavy (non-hydrogen) atoms. The highest BCUT2D eigenvalue weighted by molar-refractivity contribution is 7.89. The molecule has 130 valence electrons. The van der Waals surface area contributed by atoms with Crippen LogP contribution in [0.2, 0.25) is 0 Å². The number of benzene rings is 1. The minimum absolute atomic E-state index is 0.0375. The van der Waals surface area contributed by atoms with Crippen molar-refractivity contribution in [1.29, 1.82) is 0 Å². The quantitative estimate of drug-likeness (QED) is 0.791. The van der Waals surface area contributed by atoms with Gasteiger partial charge in [0.15, 0.2) is 0 Å². The predicted octanol–water partition coefficient (Wildman–Crippen LogP) is 2.88. The Kier molecular flexibility index (Phi) is 7.22. The summed E-state index contributed by atoms with van der Waals surface area (Å²) >= 11 is 0. The van der Waals surface area contributed by atoms with Crippen molar-refractivity contribution in [1.82, 2.24) is 9.62 Å². The van der Waals surface area contributed by atoms with E-state index in [4.69, 9.17) is 0 Å². The van der Waals surface area contributed by atoms with E-state index in [-0.39, 0.29) is 16.8 Å². The summed E-state index contributed by atoms with van der Waals surface area (Å²) < 4.78 is 26.5. The van der Waals surface area contributed by atoms with E-state index in [1.165, 1.54) is 16.4 Å². The summed E-state index contributed by atoms with van der Waals surface area (Å²) in [5.74, 6) is 0.121. The van der Waals surface area contributed by atoms with E-state index in [0.29, 0.717) is 24.6 Å². The third-order valence-electron chi connectivity index (χ3n) is 4.30. The second-order valence-corrected chi connectivity index (χ2v) is 7.70. The summed E-state index contributed by atoms with van der Waals surface area (Å²) in [4.78, 5) is 12.5. The van der Waals surface area contributed by atoms with E-state index in [2.05, 4.69) is 19.2 Å². The normalized spacial score (nSPS) is 14.5. The molecule has 0 aliphatic heterocycles. The van der Waals surface area contributed by atoms with Gasteiger partial charge in [-0.1, -0.05) is 40.2 Å². The van der Waals surface area contributed by atoms with Crippen LogP contribution in [-0.4, -0.2) is 37.8 Å². The Labute approximate surface area is 140 Å². The van der Waals surface area contributed by atoms with E-state index in [1.807, 2.05) is 6.92 Å². The van der Waals surface area contributed by atoms with Gasteiger partial charge in [-0.2, -0.15) is 4.31 Å². The molecule has 0 aliphatic rings. The summed E-state index contributed by atoms with van der Waals surface area (Å²) in [6.45, 7) is 10.5. The monoisotopic (exact) mass is 340 g/mol. The number of hydrogen-bond acceptors (Lipinski definition) is 3. The van der Waals surface area contributed by atoms with Crippen LogP contribution in [0.15, 0.2) is 29.2 Å². The number of carbonyl (C=O) groups is 1. The molecule has 1 aromatic carbocycles. The Hall–Kier alpha value is -1.40. The molecule has 0 heterocycles. The van der Waals surface area contributed by atoms with Crippen molar-refractivity contribution < 1.29 is 13.2 Å². The molecule has 0 aliphatic carbocycles. The zero-order valence-corrected chi connectivity index (χ0v) is 15.5. The number of amides is 1. The molecular weight excluding hydrogens is 312 g/mol. The molecule has 0 saturated carbocycles. The van der Waals surface area contributed by atoms with Gasteiger partial charge in [0.25, 0.3) is 5.91 Å². The van der Waals surface area contributed by atoms with Crippen LogP contribution in [0.4, 0.5) is 0 Å². The van der Waals surface area contributed by atoms with Gasteiger partial charge < -0.3 is 5.32 Å². The number of hydrogen-bond donors (Lipinski definition) is 1. The number of rotatable bonds is 8. The molecule has 0 saturated heterocycles. The summed E-state index contributed by atoms with van der Waals surface area (Å²) in [6, 6.07) is 6.27. The summed E-state index contributed by atoms with van der Waals surface area (Å²) in [6.07, 6.45) is 0.970. The molecule has 1 aromatic rings. The largest absolute Gasteiger partial charge is 0.349 e. The maximum Gasteiger partial charge on any atom is 0.251 e. The van der Waals surface area contributed by atoms with E-state index in [1.54, 1.807) is 26.0 Å². The molecule has 0 aromatic heterocycles. The van der Waals surface area contributed by atoms with Gasteiger partial charge in [-0.05, 0) is 31.0 Å². The van der Waals surface area contributed by atoms with Crippen LogP contribution in [0, 0.1) is 5.92 Å². The average Bonchev–Trinajstić information content (AvgIpc) is 2.54. The summed E-state index contributed by atoms with van der Waals surface area (Å²) in [5, 5.41) is 2.94. The SMILES string of the molecule is CCC(C)C(C)NC(=O)c1cccc(S(=O)(=O)N(CC)CC)c1. The molecule has 1 amide bonds. The van der Waals surface area contributed by atoms with Crippen LogP contribution in [0.1, 0.15) is 51.4 Å². The molecule has 6 heteroatoms. The van der Waals surface area contributed by atoms with E-state index >= 15 is 0 Å². The first-order chi connectivity index (χ1) is 10.8. The van der Waals surface area contributed by atoms with Gasteiger partial charge in [-0.3, -0.25) is 4.79 Å². The summed E-state index contributed by atoms with van der Waals surface area (Å²) in [5.41, 5.74) is 0.369. The van der Waals surface area contributed by atoms with Crippen molar-refractivity contribution in [2.45, 2.75) is 52.0 Å². The fourth-order valence-corrected chi connectivity index (χ4v) is 3.80. The fourth-order valence-electron chi connectivity index (χ4n) is 2.30. The number of nitrogens with one attached hydrogen (secondary N) is 1. The first kappa shape index (κ1) is 19.6. The number of nitrogens with zero attached hydrogens (tertiary/aromatic N) is 1. The average molecular weight is 340 g/mol. The number of carbonyl (C=O) groups excluding carboxylic acids is 1. The molecule has 0 bridgehead atoms. The van der Waals surface area contributed by atoms with Crippen LogP contribution in [-0.2, 0) is 10.0 Å². The molecule has 5 nitrogen and oxygen atoms in total. The Bertz CT molecular complexity index is 624. The van der Waals surface area contributed by atoms with Gasteiger partial charge in [-0.15, -0.1) is 0 Å². The molecular formula is C17H28N2O3S. The minimum Gasteiger partial charge on any atom is -0.349 e. The third-order valence-corrected chi connectivity index (χ3v) is 6.34. The van der Waals surface area contributed by atoms with Crippen LogP contribution in [0.25, 0.3) is 0 Å². The van der Waals surface area contributed by atoms with Gasteiger partial charge in [0.2, 0.25) is 10.0 Å². The Balaban J connectivity index is 3.03. The van der Waals surface area contributed by atoms with Gasteiger partial charge in [0, 0.05) is 24.7 Å². The van der Waals surface area contributed by atoms with E-state index < -0.39 is 10.0 Å². The second kappa shape index (κ2) is 8.45. The molecule has 0 fully saturated rings. The van der Waals surface area contributed by atoms with Crippen molar-refractivity contribution in [2.24, 2.45) is 5.92 Å². The first-order valence-corrected chi connectivity index (χ1v) is 9.62. The van der Waals surface area contributed by atoms with Gasteiger partial charge >= 0.3 is 0 Å². The zero-order chi connectivity index (χ0) is 17.6. The summed E-state index contributed by atoms with van der Waals surface area (Å²) in [7, 11) is -3.55. The third kappa shape index (κ3) is 4.78. The fraction of sp³-hybridized carbons (Fsp3) is 0.588. The van der Waals surface area contributed by atoms with Crippen molar-refractivity contribution >= 4 is 15.9 Å². The molecule has 0 radical (unpaired) electrons. The lowest BCUT2D eigenvalue weighted by molar-refractivity contribution is 0.0928. The topological polar surface area (TPSA) is 66.5 Å². The predicted molar refractivity (Wildman–Crippen MR) is 92.9 cm³/mol. The highest BCUT2D eigenvalue weighted by Gasteiger charge is 2.23. The van der Waals surface area contributed by atoms with Gasteiger partial charge in [0.1, 0.15) is 0 Å². The number of sulfonamides is 1. The van der Waals surface area contributed by atoms with E-state index in [0.717, 1.165) is 6.42 Å². The Morgan fingerprint density at radius 2 is 1.78 bits per heavy atom. The van der Waals surface area contributed by atoms with Crippen molar-refractivity contribution in [3.8, 4) is 0 Å². The maximum atomic E-state index is 12.5.